The monoisotopic (exact) mass is 283 g/mol. The van der Waals surface area contributed by atoms with Gasteiger partial charge in [-0.25, -0.2) is 9.37 Å². The molecule has 0 spiro atoms. The lowest BCUT2D eigenvalue weighted by Gasteiger charge is -2.08. The highest BCUT2D eigenvalue weighted by atomic mass is 19.1. The Bertz CT molecular complexity index is 858. The molecular weight excluding hydrogens is 269 g/mol. The molecule has 0 aliphatic carbocycles. The molecule has 5 heteroatoms. The molecule has 0 fully saturated rings. The highest BCUT2D eigenvalue weighted by Crippen LogP contribution is 2.11. The molecule has 0 aliphatic rings. The number of rotatable bonds is 3. The molecule has 2 aromatic carbocycles. The zero-order valence-corrected chi connectivity index (χ0v) is 11.3. The number of benzene rings is 2. The maximum atomic E-state index is 13.5. The van der Waals surface area contributed by atoms with Crippen LogP contribution in [0.2, 0.25) is 0 Å². The molecule has 106 valence electrons. The largest absolute Gasteiger partial charge is 0.326 e. The molecule has 4 nitrogen and oxygen atoms in total. The average Bonchev–Trinajstić information content (AvgIpc) is 2.50. The predicted octanol–water partition coefficient (Wildman–Crippen LogP) is 2.04. The molecule has 21 heavy (non-hydrogen) atoms. The van der Waals surface area contributed by atoms with E-state index in [1.165, 1.54) is 23.0 Å². The Balaban J connectivity index is 2.04. The summed E-state index contributed by atoms with van der Waals surface area (Å²) in [6.07, 6.45) is 1.48. The SMILES string of the molecule is NCc1cc(F)cc(Cn2cnc3ccccc3c2=O)c1. The second-order valence-electron chi connectivity index (χ2n) is 4.87. The van der Waals surface area contributed by atoms with E-state index in [1.54, 1.807) is 24.3 Å². The fourth-order valence-corrected chi connectivity index (χ4v) is 2.34. The molecule has 0 aliphatic heterocycles. The van der Waals surface area contributed by atoms with Crippen molar-refractivity contribution in [3.05, 3.63) is 76.1 Å². The molecule has 0 radical (unpaired) electrons. The van der Waals surface area contributed by atoms with Crippen LogP contribution in [0.25, 0.3) is 10.9 Å². The summed E-state index contributed by atoms with van der Waals surface area (Å²) in [4.78, 5) is 16.6. The summed E-state index contributed by atoms with van der Waals surface area (Å²) < 4.78 is 15.0. The maximum absolute atomic E-state index is 13.5. The third kappa shape index (κ3) is 2.68. The average molecular weight is 283 g/mol. The van der Waals surface area contributed by atoms with Crippen LogP contribution in [0.1, 0.15) is 11.1 Å². The Morgan fingerprint density at radius 3 is 2.71 bits per heavy atom. The molecule has 0 saturated carbocycles. The first-order valence-electron chi connectivity index (χ1n) is 6.60. The Kier molecular flexibility index (Phi) is 3.50. The van der Waals surface area contributed by atoms with Crippen molar-refractivity contribution in [1.82, 2.24) is 9.55 Å². The van der Waals surface area contributed by atoms with Crippen molar-refractivity contribution in [2.45, 2.75) is 13.1 Å². The predicted molar refractivity (Wildman–Crippen MR) is 79.4 cm³/mol. The van der Waals surface area contributed by atoms with Crippen LogP contribution in [0.15, 0.2) is 53.6 Å². The smallest absolute Gasteiger partial charge is 0.261 e. The number of nitrogens with zero attached hydrogens (tertiary/aromatic N) is 2. The molecule has 0 saturated heterocycles. The number of hydrogen-bond acceptors (Lipinski definition) is 3. The van der Waals surface area contributed by atoms with Gasteiger partial charge < -0.3 is 5.73 Å². The number of para-hydroxylation sites is 1. The van der Waals surface area contributed by atoms with E-state index < -0.39 is 0 Å². The third-order valence-electron chi connectivity index (χ3n) is 3.34. The second kappa shape index (κ2) is 5.46. The molecule has 3 aromatic rings. The van der Waals surface area contributed by atoms with Gasteiger partial charge in [-0.1, -0.05) is 18.2 Å². The van der Waals surface area contributed by atoms with E-state index in [0.29, 0.717) is 22.0 Å². The van der Waals surface area contributed by atoms with Crippen LogP contribution in [0, 0.1) is 5.82 Å². The van der Waals surface area contributed by atoms with Gasteiger partial charge in [-0.15, -0.1) is 0 Å². The van der Waals surface area contributed by atoms with E-state index in [0.717, 1.165) is 0 Å². The first kappa shape index (κ1) is 13.5. The number of fused-ring (bicyclic) bond motifs is 1. The van der Waals surface area contributed by atoms with Gasteiger partial charge in [0.05, 0.1) is 23.8 Å². The zero-order chi connectivity index (χ0) is 14.8. The highest BCUT2D eigenvalue weighted by molar-refractivity contribution is 5.76. The summed E-state index contributed by atoms with van der Waals surface area (Å²) in [7, 11) is 0. The van der Waals surface area contributed by atoms with Gasteiger partial charge in [-0.3, -0.25) is 9.36 Å². The van der Waals surface area contributed by atoms with Crippen molar-refractivity contribution >= 4 is 10.9 Å². The summed E-state index contributed by atoms with van der Waals surface area (Å²) in [5.41, 5.74) is 7.44. The molecule has 0 bridgehead atoms. The zero-order valence-electron chi connectivity index (χ0n) is 11.3. The van der Waals surface area contributed by atoms with Crippen LogP contribution in [-0.4, -0.2) is 9.55 Å². The number of aromatic nitrogens is 2. The van der Waals surface area contributed by atoms with Gasteiger partial charge in [0.25, 0.3) is 5.56 Å². The Morgan fingerprint density at radius 2 is 1.90 bits per heavy atom. The third-order valence-corrected chi connectivity index (χ3v) is 3.34. The summed E-state index contributed by atoms with van der Waals surface area (Å²) in [6.45, 7) is 0.525. The molecule has 1 heterocycles. The Labute approximate surface area is 120 Å². The Hall–Kier alpha value is -2.53. The van der Waals surface area contributed by atoms with E-state index in [9.17, 15) is 9.18 Å². The van der Waals surface area contributed by atoms with Crippen molar-refractivity contribution < 1.29 is 4.39 Å². The van der Waals surface area contributed by atoms with Crippen molar-refractivity contribution in [2.75, 3.05) is 0 Å². The number of halogens is 1. The summed E-state index contributed by atoms with van der Waals surface area (Å²) in [5, 5.41) is 0.551. The van der Waals surface area contributed by atoms with Crippen LogP contribution in [-0.2, 0) is 13.1 Å². The molecule has 2 N–H and O–H groups in total. The molecular formula is C16H14FN3O. The number of hydrogen-bond donors (Lipinski definition) is 1. The second-order valence-corrected chi connectivity index (χ2v) is 4.87. The van der Waals surface area contributed by atoms with Gasteiger partial charge in [0.2, 0.25) is 0 Å². The van der Waals surface area contributed by atoms with Gasteiger partial charge in [-0.05, 0) is 35.4 Å². The molecule has 1 aromatic heterocycles. The lowest BCUT2D eigenvalue weighted by molar-refractivity contribution is 0.620. The van der Waals surface area contributed by atoms with Gasteiger partial charge >= 0.3 is 0 Å². The van der Waals surface area contributed by atoms with Gasteiger partial charge in [-0.2, -0.15) is 0 Å². The fraction of sp³-hybridized carbons (Fsp3) is 0.125. The van der Waals surface area contributed by atoms with Gasteiger partial charge in [0, 0.05) is 6.54 Å². The molecule has 3 rings (SSSR count). The van der Waals surface area contributed by atoms with Crippen LogP contribution in [0.5, 0.6) is 0 Å². The lowest BCUT2D eigenvalue weighted by Crippen LogP contribution is -2.21. The van der Waals surface area contributed by atoms with Crippen molar-refractivity contribution in [3.63, 3.8) is 0 Å². The van der Waals surface area contributed by atoms with E-state index in [-0.39, 0.29) is 24.5 Å². The molecule has 0 amide bonds. The summed E-state index contributed by atoms with van der Waals surface area (Å²) in [6, 6.07) is 11.7. The van der Waals surface area contributed by atoms with Gasteiger partial charge in [0.1, 0.15) is 5.82 Å². The van der Waals surface area contributed by atoms with Crippen LogP contribution in [0.3, 0.4) is 0 Å². The van der Waals surface area contributed by atoms with Crippen LogP contribution < -0.4 is 11.3 Å². The maximum Gasteiger partial charge on any atom is 0.261 e. The highest BCUT2D eigenvalue weighted by Gasteiger charge is 2.06. The minimum atomic E-state index is -0.352. The van der Waals surface area contributed by atoms with Gasteiger partial charge in [0.15, 0.2) is 0 Å². The molecule has 0 atom stereocenters. The van der Waals surface area contributed by atoms with E-state index in [4.69, 9.17) is 5.73 Å². The fourth-order valence-electron chi connectivity index (χ4n) is 2.34. The number of nitrogens with two attached hydrogens (primary N) is 1. The minimum Gasteiger partial charge on any atom is -0.326 e. The summed E-state index contributed by atoms with van der Waals surface area (Å²) >= 11 is 0. The topological polar surface area (TPSA) is 60.9 Å². The van der Waals surface area contributed by atoms with Crippen LogP contribution in [0.4, 0.5) is 4.39 Å². The van der Waals surface area contributed by atoms with Crippen molar-refractivity contribution in [3.8, 4) is 0 Å². The summed E-state index contributed by atoms with van der Waals surface area (Å²) in [5.74, 6) is -0.352. The first-order valence-corrected chi connectivity index (χ1v) is 6.60. The van der Waals surface area contributed by atoms with Crippen molar-refractivity contribution in [2.24, 2.45) is 5.73 Å². The molecule has 0 unspecified atom stereocenters. The lowest BCUT2D eigenvalue weighted by atomic mass is 10.1. The minimum absolute atomic E-state index is 0.140. The standard InChI is InChI=1S/C16H14FN3O/c17-13-6-11(8-18)5-12(7-13)9-20-10-19-15-4-2-1-3-14(15)16(20)21/h1-7,10H,8-9,18H2. The van der Waals surface area contributed by atoms with Crippen molar-refractivity contribution in [1.29, 1.82) is 0 Å². The van der Waals surface area contributed by atoms with E-state index in [2.05, 4.69) is 4.98 Å². The quantitative estimate of drug-likeness (QED) is 0.800. The van der Waals surface area contributed by atoms with E-state index >= 15 is 0 Å². The van der Waals surface area contributed by atoms with E-state index in [1.807, 2.05) is 6.07 Å². The first-order chi connectivity index (χ1) is 10.2. The van der Waals surface area contributed by atoms with Crippen LogP contribution >= 0.6 is 0 Å². The Morgan fingerprint density at radius 1 is 1.14 bits per heavy atom. The normalized spacial score (nSPS) is 11.0.